The van der Waals surface area contributed by atoms with Crippen molar-refractivity contribution >= 4 is 40.0 Å². The fourth-order valence-corrected chi connectivity index (χ4v) is 3.32. The number of benzene rings is 2. The summed E-state index contributed by atoms with van der Waals surface area (Å²) >= 11 is 1.40. The van der Waals surface area contributed by atoms with Gasteiger partial charge in [-0.25, -0.2) is 4.98 Å². The molecule has 5 heteroatoms. The highest BCUT2D eigenvalue weighted by Crippen LogP contribution is 2.23. The van der Waals surface area contributed by atoms with Gasteiger partial charge in [0.15, 0.2) is 5.78 Å². The van der Waals surface area contributed by atoms with Gasteiger partial charge in [0.2, 0.25) is 5.91 Å². The van der Waals surface area contributed by atoms with E-state index < -0.39 is 0 Å². The van der Waals surface area contributed by atoms with Crippen LogP contribution in [0.2, 0.25) is 0 Å². The fraction of sp³-hybridized carbons (Fsp3) is 0.150. The van der Waals surface area contributed by atoms with Crippen LogP contribution in [0.3, 0.4) is 0 Å². The lowest BCUT2D eigenvalue weighted by molar-refractivity contribution is -0.113. The van der Waals surface area contributed by atoms with Crippen molar-refractivity contribution in [2.45, 2.75) is 18.9 Å². The van der Waals surface area contributed by atoms with Crippen LogP contribution in [-0.2, 0) is 4.79 Å². The number of nitrogens with zero attached hydrogens (tertiary/aromatic N) is 1. The molecule has 0 saturated carbocycles. The maximum Gasteiger partial charge on any atom is 0.234 e. The molecule has 0 aliphatic rings. The van der Waals surface area contributed by atoms with Crippen molar-refractivity contribution in [1.82, 2.24) is 4.98 Å². The predicted molar refractivity (Wildman–Crippen MR) is 102 cm³/mol. The van der Waals surface area contributed by atoms with E-state index in [0.29, 0.717) is 11.3 Å². The molecule has 25 heavy (non-hydrogen) atoms. The summed E-state index contributed by atoms with van der Waals surface area (Å²) in [7, 11) is 0. The minimum atomic E-state index is -0.127. The average molecular weight is 350 g/mol. The zero-order chi connectivity index (χ0) is 17.8. The molecule has 0 aliphatic heterocycles. The number of anilines is 1. The zero-order valence-corrected chi connectivity index (χ0v) is 14.9. The Bertz CT molecular complexity index is 953. The van der Waals surface area contributed by atoms with Gasteiger partial charge in [0, 0.05) is 16.6 Å². The maximum atomic E-state index is 12.2. The minimum absolute atomic E-state index is 0.0266. The molecule has 0 atom stereocenters. The molecule has 0 spiro atoms. The molecule has 1 N–H and O–H groups in total. The number of pyridine rings is 1. The lowest BCUT2D eigenvalue weighted by Gasteiger charge is -2.08. The van der Waals surface area contributed by atoms with Gasteiger partial charge in [0.25, 0.3) is 0 Å². The van der Waals surface area contributed by atoms with Crippen molar-refractivity contribution in [3.05, 3.63) is 65.7 Å². The van der Waals surface area contributed by atoms with Crippen LogP contribution in [0, 0.1) is 6.92 Å². The summed E-state index contributed by atoms with van der Waals surface area (Å²) in [5, 5.41) is 4.76. The quantitative estimate of drug-likeness (QED) is 0.544. The number of aromatic nitrogens is 1. The first-order valence-corrected chi connectivity index (χ1v) is 8.91. The van der Waals surface area contributed by atoms with E-state index in [-0.39, 0.29) is 17.4 Å². The third-order valence-corrected chi connectivity index (χ3v) is 4.71. The van der Waals surface area contributed by atoms with E-state index in [0.717, 1.165) is 21.5 Å². The highest BCUT2D eigenvalue weighted by atomic mass is 32.2. The molecule has 0 unspecified atom stereocenters. The van der Waals surface area contributed by atoms with Crippen molar-refractivity contribution in [3.8, 4) is 0 Å². The number of hydrogen-bond acceptors (Lipinski definition) is 4. The number of aryl methyl sites for hydroxylation is 1. The molecule has 0 fully saturated rings. The molecule has 3 aromatic rings. The highest BCUT2D eigenvalue weighted by Gasteiger charge is 2.08. The first-order valence-electron chi connectivity index (χ1n) is 7.93. The van der Waals surface area contributed by atoms with E-state index in [2.05, 4.69) is 10.3 Å². The lowest BCUT2D eigenvalue weighted by Crippen LogP contribution is -2.14. The van der Waals surface area contributed by atoms with Gasteiger partial charge in [0.05, 0.1) is 16.3 Å². The van der Waals surface area contributed by atoms with E-state index in [4.69, 9.17) is 0 Å². The van der Waals surface area contributed by atoms with Crippen LogP contribution in [0.1, 0.15) is 22.8 Å². The van der Waals surface area contributed by atoms with Gasteiger partial charge >= 0.3 is 0 Å². The van der Waals surface area contributed by atoms with Crippen LogP contribution in [0.4, 0.5) is 5.69 Å². The number of ketones is 1. The smallest absolute Gasteiger partial charge is 0.234 e. The number of thioether (sulfide) groups is 1. The summed E-state index contributed by atoms with van der Waals surface area (Å²) in [5.74, 6) is 0.106. The molecular formula is C20H18N2O2S. The molecule has 1 heterocycles. The Balaban J connectivity index is 1.66. The number of carbonyl (C=O) groups excluding carboxylic acids is 2. The summed E-state index contributed by atoms with van der Waals surface area (Å²) in [5.41, 5.74) is 3.28. The van der Waals surface area contributed by atoms with E-state index in [1.54, 1.807) is 24.3 Å². The lowest BCUT2D eigenvalue weighted by atomic mass is 10.1. The van der Waals surface area contributed by atoms with Gasteiger partial charge in [-0.1, -0.05) is 42.1 Å². The topological polar surface area (TPSA) is 59.1 Å². The highest BCUT2D eigenvalue weighted by molar-refractivity contribution is 7.99. The second-order valence-corrected chi connectivity index (χ2v) is 6.76. The van der Waals surface area contributed by atoms with Crippen LogP contribution in [-0.4, -0.2) is 22.4 Å². The monoisotopic (exact) mass is 350 g/mol. The number of hydrogen-bond donors (Lipinski definition) is 1. The molecule has 0 aliphatic carbocycles. The van der Waals surface area contributed by atoms with Gasteiger partial charge in [-0.2, -0.15) is 0 Å². The molecule has 4 nitrogen and oxygen atoms in total. The van der Waals surface area contributed by atoms with Crippen molar-refractivity contribution < 1.29 is 9.59 Å². The molecule has 126 valence electrons. The molecule has 1 aromatic heterocycles. The predicted octanol–water partition coefficient (Wildman–Crippen LogP) is 4.48. The summed E-state index contributed by atoms with van der Waals surface area (Å²) in [6, 6.07) is 16.9. The summed E-state index contributed by atoms with van der Waals surface area (Å²) in [6.45, 7) is 3.55. The number of nitrogens with one attached hydrogen (secondary N) is 1. The van der Waals surface area contributed by atoms with Crippen LogP contribution < -0.4 is 5.32 Å². The summed E-state index contributed by atoms with van der Waals surface area (Å²) in [6.07, 6.45) is 0. The van der Waals surface area contributed by atoms with Crippen molar-refractivity contribution in [3.63, 3.8) is 0 Å². The van der Waals surface area contributed by atoms with E-state index in [1.165, 1.54) is 18.7 Å². The number of carbonyl (C=O) groups is 2. The van der Waals surface area contributed by atoms with Gasteiger partial charge < -0.3 is 5.32 Å². The normalized spacial score (nSPS) is 10.6. The van der Waals surface area contributed by atoms with Gasteiger partial charge in [-0.3, -0.25) is 9.59 Å². The minimum Gasteiger partial charge on any atom is -0.325 e. The van der Waals surface area contributed by atoms with E-state index in [1.807, 2.05) is 37.3 Å². The van der Waals surface area contributed by atoms with Crippen molar-refractivity contribution in [2.24, 2.45) is 0 Å². The van der Waals surface area contributed by atoms with Crippen LogP contribution in [0.5, 0.6) is 0 Å². The summed E-state index contributed by atoms with van der Waals surface area (Å²) in [4.78, 5) is 28.2. The zero-order valence-electron chi connectivity index (χ0n) is 14.1. The molecular weight excluding hydrogens is 332 g/mol. The number of para-hydroxylation sites is 1. The first kappa shape index (κ1) is 17.2. The SMILES string of the molecule is CC(=O)c1cccc(NC(=O)CSc2cc(C)c3ccccc3n2)c1. The summed E-state index contributed by atoms with van der Waals surface area (Å²) < 4.78 is 0. The Hall–Kier alpha value is -2.66. The second kappa shape index (κ2) is 7.49. The molecule has 2 aromatic carbocycles. The molecule has 0 saturated heterocycles. The molecule has 3 rings (SSSR count). The van der Waals surface area contributed by atoms with E-state index >= 15 is 0 Å². The van der Waals surface area contributed by atoms with Crippen molar-refractivity contribution in [2.75, 3.05) is 11.1 Å². The second-order valence-electron chi connectivity index (χ2n) is 5.77. The fourth-order valence-electron chi connectivity index (χ4n) is 2.54. The van der Waals surface area contributed by atoms with Gasteiger partial charge in [0.1, 0.15) is 0 Å². The molecule has 0 radical (unpaired) electrons. The van der Waals surface area contributed by atoms with Gasteiger partial charge in [-0.15, -0.1) is 0 Å². The number of amides is 1. The number of fused-ring (bicyclic) bond motifs is 1. The Morgan fingerprint density at radius 2 is 1.88 bits per heavy atom. The van der Waals surface area contributed by atoms with Gasteiger partial charge in [-0.05, 0) is 43.7 Å². The maximum absolute atomic E-state index is 12.2. The number of rotatable bonds is 5. The average Bonchev–Trinajstić information content (AvgIpc) is 2.60. The standard InChI is InChI=1S/C20H18N2O2S/c1-13-10-20(22-18-9-4-3-8-17(13)18)25-12-19(24)21-16-7-5-6-15(11-16)14(2)23/h3-11H,12H2,1-2H3,(H,21,24). The van der Waals surface area contributed by atoms with Crippen LogP contribution in [0.25, 0.3) is 10.9 Å². The first-order chi connectivity index (χ1) is 12.0. The van der Waals surface area contributed by atoms with E-state index in [9.17, 15) is 9.59 Å². The Labute approximate surface area is 150 Å². The Morgan fingerprint density at radius 3 is 2.68 bits per heavy atom. The Morgan fingerprint density at radius 1 is 1.08 bits per heavy atom. The van der Waals surface area contributed by atoms with Crippen LogP contribution in [0.15, 0.2) is 59.6 Å². The van der Waals surface area contributed by atoms with Crippen LogP contribution >= 0.6 is 11.8 Å². The Kier molecular flexibility index (Phi) is 5.14. The largest absolute Gasteiger partial charge is 0.325 e. The van der Waals surface area contributed by atoms with Crippen molar-refractivity contribution in [1.29, 1.82) is 0 Å². The number of Topliss-reactive ketones (excluding diaryl/α,β-unsaturated/α-hetero) is 1. The molecule has 0 bridgehead atoms. The third kappa shape index (κ3) is 4.25. The molecule has 1 amide bonds. The third-order valence-electron chi connectivity index (χ3n) is 3.80.